The molecule has 0 aliphatic rings. The molecule has 0 radical (unpaired) electrons. The molecule has 0 aliphatic heterocycles. The highest BCUT2D eigenvalue weighted by Crippen LogP contribution is 2.00. The lowest BCUT2D eigenvalue weighted by Gasteiger charge is -2.17. The van der Waals surface area contributed by atoms with Crippen molar-refractivity contribution < 1.29 is 9.84 Å². The van der Waals surface area contributed by atoms with Gasteiger partial charge in [-0.1, -0.05) is 0 Å². The van der Waals surface area contributed by atoms with E-state index in [0.29, 0.717) is 6.61 Å². The standard InChI is InChI=1S/C9H21NO2/c1-9(2,11)8-12-7-5-6-10(3)4/h11H,5-8H2,1-4H3. The highest BCUT2D eigenvalue weighted by Gasteiger charge is 2.11. The molecule has 1 N–H and O–H groups in total. The molecule has 0 spiro atoms. The third-order valence-electron chi connectivity index (χ3n) is 1.35. The predicted molar refractivity (Wildman–Crippen MR) is 50.3 cm³/mol. The third kappa shape index (κ3) is 9.88. The molecule has 0 saturated heterocycles. The highest BCUT2D eigenvalue weighted by molar-refractivity contribution is 4.62. The van der Waals surface area contributed by atoms with Crippen molar-refractivity contribution in [3.05, 3.63) is 0 Å². The summed E-state index contributed by atoms with van der Waals surface area (Å²) in [6, 6.07) is 0. The van der Waals surface area contributed by atoms with E-state index in [1.807, 2.05) is 14.1 Å². The summed E-state index contributed by atoms with van der Waals surface area (Å²) in [6.07, 6.45) is 1.02. The molecule has 0 rings (SSSR count). The number of hydrogen-bond acceptors (Lipinski definition) is 3. The van der Waals surface area contributed by atoms with Crippen LogP contribution in [0.2, 0.25) is 0 Å². The molecule has 0 aromatic carbocycles. The molecule has 0 heterocycles. The zero-order valence-electron chi connectivity index (χ0n) is 8.63. The quantitative estimate of drug-likeness (QED) is 0.604. The van der Waals surface area contributed by atoms with Gasteiger partial charge in [0.2, 0.25) is 0 Å². The van der Waals surface area contributed by atoms with Gasteiger partial charge in [-0.25, -0.2) is 0 Å². The summed E-state index contributed by atoms with van der Waals surface area (Å²) < 4.78 is 5.27. The van der Waals surface area contributed by atoms with Crippen molar-refractivity contribution in [2.24, 2.45) is 0 Å². The van der Waals surface area contributed by atoms with E-state index in [9.17, 15) is 5.11 Å². The van der Waals surface area contributed by atoms with Gasteiger partial charge >= 0.3 is 0 Å². The molecule has 0 aromatic heterocycles. The molecule has 12 heavy (non-hydrogen) atoms. The van der Waals surface area contributed by atoms with Gasteiger partial charge in [0.1, 0.15) is 0 Å². The fourth-order valence-electron chi connectivity index (χ4n) is 0.805. The molecule has 0 unspecified atom stereocenters. The summed E-state index contributed by atoms with van der Waals surface area (Å²) in [7, 11) is 4.08. The molecule has 3 nitrogen and oxygen atoms in total. The maximum atomic E-state index is 9.29. The molecule has 0 aliphatic carbocycles. The predicted octanol–water partition coefficient (Wildman–Crippen LogP) is 0.726. The monoisotopic (exact) mass is 175 g/mol. The van der Waals surface area contributed by atoms with E-state index in [4.69, 9.17) is 4.74 Å². The van der Waals surface area contributed by atoms with Crippen LogP contribution < -0.4 is 0 Å². The Balaban J connectivity index is 3.12. The molecular formula is C9H21NO2. The minimum absolute atomic E-state index is 0.417. The van der Waals surface area contributed by atoms with Crippen LogP contribution in [0.3, 0.4) is 0 Å². The second-order valence-electron chi connectivity index (χ2n) is 4.02. The number of ether oxygens (including phenoxy) is 1. The maximum Gasteiger partial charge on any atom is 0.0824 e. The molecule has 0 atom stereocenters. The van der Waals surface area contributed by atoms with E-state index in [1.165, 1.54) is 0 Å². The lowest BCUT2D eigenvalue weighted by atomic mass is 10.2. The second kappa shape index (κ2) is 5.51. The van der Waals surface area contributed by atoms with Crippen LogP contribution in [0.15, 0.2) is 0 Å². The van der Waals surface area contributed by atoms with Crippen molar-refractivity contribution in [3.8, 4) is 0 Å². The van der Waals surface area contributed by atoms with E-state index in [1.54, 1.807) is 13.8 Å². The summed E-state index contributed by atoms with van der Waals surface area (Å²) in [5, 5.41) is 9.29. The van der Waals surface area contributed by atoms with Crippen LogP contribution in [-0.4, -0.2) is 49.5 Å². The Morgan fingerprint density at radius 2 is 1.92 bits per heavy atom. The first-order valence-corrected chi connectivity index (χ1v) is 4.37. The van der Waals surface area contributed by atoms with Crippen LogP contribution in [0.5, 0.6) is 0 Å². The highest BCUT2D eigenvalue weighted by atomic mass is 16.5. The van der Waals surface area contributed by atoms with Crippen molar-refractivity contribution >= 4 is 0 Å². The molecule has 0 bridgehead atoms. The molecule has 0 fully saturated rings. The summed E-state index contributed by atoms with van der Waals surface area (Å²) in [6.45, 7) is 5.67. The Bertz CT molecular complexity index is 108. The Labute approximate surface area is 75.3 Å². The van der Waals surface area contributed by atoms with Crippen LogP contribution in [0.1, 0.15) is 20.3 Å². The average Bonchev–Trinajstić information content (AvgIpc) is 1.83. The van der Waals surface area contributed by atoms with Crippen molar-refractivity contribution in [1.82, 2.24) is 4.90 Å². The van der Waals surface area contributed by atoms with Gasteiger partial charge < -0.3 is 14.7 Å². The molecule has 0 aromatic rings. The first-order valence-electron chi connectivity index (χ1n) is 4.37. The molecule has 0 saturated carbocycles. The van der Waals surface area contributed by atoms with Crippen LogP contribution in [0.25, 0.3) is 0 Å². The number of hydrogen-bond donors (Lipinski definition) is 1. The smallest absolute Gasteiger partial charge is 0.0824 e. The van der Waals surface area contributed by atoms with E-state index in [-0.39, 0.29) is 0 Å². The van der Waals surface area contributed by atoms with Gasteiger partial charge in [-0.15, -0.1) is 0 Å². The van der Waals surface area contributed by atoms with E-state index >= 15 is 0 Å². The Morgan fingerprint density at radius 3 is 2.33 bits per heavy atom. The normalized spacial score (nSPS) is 12.5. The van der Waals surface area contributed by atoms with Crippen molar-refractivity contribution in [2.75, 3.05) is 33.9 Å². The first kappa shape index (κ1) is 11.9. The SMILES string of the molecule is CN(C)CCCOCC(C)(C)O. The Morgan fingerprint density at radius 1 is 1.33 bits per heavy atom. The fraction of sp³-hybridized carbons (Fsp3) is 1.00. The van der Waals surface area contributed by atoms with Crippen LogP contribution in [-0.2, 0) is 4.74 Å². The maximum absolute atomic E-state index is 9.29. The van der Waals surface area contributed by atoms with Crippen molar-refractivity contribution in [1.29, 1.82) is 0 Å². The summed E-state index contributed by atoms with van der Waals surface area (Å²) in [5.74, 6) is 0. The molecule has 0 amide bonds. The second-order valence-corrected chi connectivity index (χ2v) is 4.02. The minimum Gasteiger partial charge on any atom is -0.388 e. The lowest BCUT2D eigenvalue weighted by Crippen LogP contribution is -2.26. The third-order valence-corrected chi connectivity index (χ3v) is 1.35. The van der Waals surface area contributed by atoms with Gasteiger partial charge in [0.15, 0.2) is 0 Å². The molecular weight excluding hydrogens is 154 g/mol. The Hall–Kier alpha value is -0.120. The van der Waals surface area contributed by atoms with Crippen LogP contribution in [0.4, 0.5) is 0 Å². The molecule has 74 valence electrons. The topological polar surface area (TPSA) is 32.7 Å². The zero-order valence-corrected chi connectivity index (χ0v) is 8.63. The number of aliphatic hydroxyl groups is 1. The van der Waals surface area contributed by atoms with Gasteiger partial charge in [-0.3, -0.25) is 0 Å². The average molecular weight is 175 g/mol. The van der Waals surface area contributed by atoms with E-state index in [0.717, 1.165) is 19.6 Å². The number of rotatable bonds is 6. The summed E-state index contributed by atoms with van der Waals surface area (Å²) >= 11 is 0. The van der Waals surface area contributed by atoms with Gasteiger partial charge in [0, 0.05) is 6.61 Å². The Kier molecular flexibility index (Phi) is 5.46. The minimum atomic E-state index is -0.696. The summed E-state index contributed by atoms with van der Waals surface area (Å²) in [5.41, 5.74) is -0.696. The van der Waals surface area contributed by atoms with Crippen LogP contribution >= 0.6 is 0 Å². The first-order chi connectivity index (χ1) is 5.42. The van der Waals surface area contributed by atoms with Gasteiger partial charge in [0.25, 0.3) is 0 Å². The fourth-order valence-corrected chi connectivity index (χ4v) is 0.805. The summed E-state index contributed by atoms with van der Waals surface area (Å²) in [4.78, 5) is 2.12. The van der Waals surface area contributed by atoms with Crippen molar-refractivity contribution in [2.45, 2.75) is 25.9 Å². The van der Waals surface area contributed by atoms with E-state index in [2.05, 4.69) is 4.90 Å². The van der Waals surface area contributed by atoms with Crippen molar-refractivity contribution in [3.63, 3.8) is 0 Å². The largest absolute Gasteiger partial charge is 0.388 e. The lowest BCUT2D eigenvalue weighted by molar-refractivity contribution is -0.0220. The zero-order chi connectivity index (χ0) is 9.61. The van der Waals surface area contributed by atoms with Gasteiger partial charge in [-0.05, 0) is 40.9 Å². The number of nitrogens with zero attached hydrogens (tertiary/aromatic N) is 1. The van der Waals surface area contributed by atoms with Crippen LogP contribution in [0, 0.1) is 0 Å². The van der Waals surface area contributed by atoms with Gasteiger partial charge in [-0.2, -0.15) is 0 Å². The van der Waals surface area contributed by atoms with Gasteiger partial charge in [0.05, 0.1) is 12.2 Å². The molecule has 3 heteroatoms. The van der Waals surface area contributed by atoms with E-state index < -0.39 is 5.60 Å².